The highest BCUT2D eigenvalue weighted by molar-refractivity contribution is 5.96. The van der Waals surface area contributed by atoms with Gasteiger partial charge in [0.05, 0.1) is 30.3 Å². The summed E-state index contributed by atoms with van der Waals surface area (Å²) < 4.78 is 10.9. The summed E-state index contributed by atoms with van der Waals surface area (Å²) in [5, 5.41) is 7.69. The molecule has 0 aliphatic carbocycles. The van der Waals surface area contributed by atoms with Crippen LogP contribution in [0.2, 0.25) is 0 Å². The van der Waals surface area contributed by atoms with Crippen molar-refractivity contribution >= 4 is 34.2 Å². The van der Waals surface area contributed by atoms with Crippen molar-refractivity contribution in [1.82, 2.24) is 15.0 Å². The van der Waals surface area contributed by atoms with E-state index in [1.54, 1.807) is 12.3 Å². The molecular formula is C23H26N6O3. The van der Waals surface area contributed by atoms with Gasteiger partial charge in [-0.1, -0.05) is 0 Å². The maximum absolute atomic E-state index is 12.4. The van der Waals surface area contributed by atoms with E-state index < -0.39 is 11.7 Å². The number of hydrogen-bond acceptors (Lipinski definition) is 8. The van der Waals surface area contributed by atoms with Crippen LogP contribution >= 0.6 is 0 Å². The zero-order chi connectivity index (χ0) is 22.3. The van der Waals surface area contributed by atoms with Gasteiger partial charge in [-0.05, 0) is 49.8 Å². The summed E-state index contributed by atoms with van der Waals surface area (Å²) in [4.78, 5) is 25.9. The molecule has 0 spiro atoms. The molecule has 166 valence electrons. The monoisotopic (exact) mass is 434 g/mol. The van der Waals surface area contributed by atoms with E-state index in [2.05, 4.69) is 32.5 Å². The maximum Gasteiger partial charge on any atom is 0.413 e. The molecule has 1 amide bonds. The number of hydrogen-bond donors (Lipinski definition) is 3. The Balaban J connectivity index is 1.45. The first-order valence-electron chi connectivity index (χ1n) is 10.8. The average Bonchev–Trinajstić information content (AvgIpc) is 3.19. The third kappa shape index (κ3) is 3.80. The van der Waals surface area contributed by atoms with Gasteiger partial charge in [-0.2, -0.15) is 0 Å². The van der Waals surface area contributed by atoms with Crippen LogP contribution in [0.25, 0.3) is 22.0 Å². The summed E-state index contributed by atoms with van der Waals surface area (Å²) in [7, 11) is 0. The molecular weight excluding hydrogens is 408 g/mol. The average molecular weight is 435 g/mol. The van der Waals surface area contributed by atoms with Crippen molar-refractivity contribution in [3.8, 4) is 11.3 Å². The molecule has 1 atom stereocenters. The van der Waals surface area contributed by atoms with E-state index in [-0.39, 0.29) is 0 Å². The highest BCUT2D eigenvalue weighted by atomic mass is 16.6. The Labute approximate surface area is 185 Å². The highest BCUT2D eigenvalue weighted by Crippen LogP contribution is 2.34. The van der Waals surface area contributed by atoms with Crippen LogP contribution in [0.5, 0.6) is 0 Å². The molecule has 3 aromatic heterocycles. The molecule has 1 saturated heterocycles. The third-order valence-electron chi connectivity index (χ3n) is 6.08. The molecule has 0 saturated carbocycles. The van der Waals surface area contributed by atoms with Crippen molar-refractivity contribution in [2.24, 2.45) is 0 Å². The Kier molecular flexibility index (Phi) is 5.05. The summed E-state index contributed by atoms with van der Waals surface area (Å²) >= 11 is 0. The van der Waals surface area contributed by atoms with Crippen LogP contribution in [0.15, 0.2) is 24.5 Å². The zero-order valence-electron chi connectivity index (χ0n) is 18.2. The quantitative estimate of drug-likeness (QED) is 0.570. The number of nitrogens with one attached hydrogen (secondary N) is 2. The van der Waals surface area contributed by atoms with Crippen LogP contribution in [0.1, 0.15) is 31.0 Å². The predicted molar refractivity (Wildman–Crippen MR) is 123 cm³/mol. The van der Waals surface area contributed by atoms with E-state index in [4.69, 9.17) is 15.2 Å². The number of nitrogen functional groups attached to an aromatic ring is 1. The van der Waals surface area contributed by atoms with Gasteiger partial charge in [0.1, 0.15) is 17.2 Å². The minimum atomic E-state index is -0.618. The van der Waals surface area contributed by atoms with Crippen LogP contribution in [0.3, 0.4) is 0 Å². The van der Waals surface area contributed by atoms with Crippen molar-refractivity contribution in [2.75, 3.05) is 36.1 Å². The van der Waals surface area contributed by atoms with E-state index >= 15 is 0 Å². The Morgan fingerprint density at radius 3 is 3.00 bits per heavy atom. The van der Waals surface area contributed by atoms with E-state index in [9.17, 15) is 4.79 Å². The topological polar surface area (TPSA) is 124 Å². The van der Waals surface area contributed by atoms with Crippen LogP contribution in [-0.4, -0.2) is 46.4 Å². The Morgan fingerprint density at radius 1 is 1.31 bits per heavy atom. The summed E-state index contributed by atoms with van der Waals surface area (Å²) in [6.07, 6.45) is 5.62. The van der Waals surface area contributed by atoms with Crippen molar-refractivity contribution in [1.29, 1.82) is 0 Å². The molecule has 2 aliphatic heterocycles. The number of aromatic nitrogens is 3. The summed E-state index contributed by atoms with van der Waals surface area (Å²) in [6.45, 7) is 5.84. The first-order valence-corrected chi connectivity index (χ1v) is 10.8. The molecule has 4 N–H and O–H groups in total. The molecule has 0 unspecified atom stereocenters. The normalized spacial score (nSPS) is 19.9. The standard InChI is InChI=1S/C23H26N6O3/c1-13-15(10-26-17-4-3-6-25-20(13)17)18-8-14-9-19(27-11-16(14)21(24)28-18)29-22(30)32-23(2)5-7-31-12-23/h8-11,25H,3-7,12H2,1-2H3,(H2,24,28)(H,27,29,30)/t23-/m0/s1. The first kappa shape index (κ1) is 20.4. The van der Waals surface area contributed by atoms with Gasteiger partial charge in [-0.15, -0.1) is 0 Å². The van der Waals surface area contributed by atoms with Gasteiger partial charge in [-0.25, -0.2) is 14.8 Å². The fourth-order valence-corrected chi connectivity index (χ4v) is 4.27. The lowest BCUT2D eigenvalue weighted by molar-refractivity contribution is 0.0241. The lowest BCUT2D eigenvalue weighted by Crippen LogP contribution is -2.34. The number of nitrogens with zero attached hydrogens (tertiary/aromatic N) is 3. The van der Waals surface area contributed by atoms with Crippen LogP contribution in [-0.2, 0) is 15.9 Å². The minimum absolute atomic E-state index is 0.375. The number of nitrogens with two attached hydrogens (primary N) is 1. The molecule has 0 radical (unpaired) electrons. The summed E-state index contributed by atoms with van der Waals surface area (Å²) in [5.74, 6) is 0.753. The van der Waals surface area contributed by atoms with Crippen molar-refractivity contribution in [2.45, 2.75) is 38.7 Å². The molecule has 0 aromatic carbocycles. The Hall–Kier alpha value is -3.46. The van der Waals surface area contributed by atoms with Gasteiger partial charge in [0.15, 0.2) is 0 Å². The summed E-state index contributed by atoms with van der Waals surface area (Å²) in [5.41, 5.74) is 10.5. The number of aryl methyl sites for hydroxylation is 1. The number of ether oxygens (including phenoxy) is 2. The number of pyridine rings is 3. The van der Waals surface area contributed by atoms with Gasteiger partial charge in [0.2, 0.25) is 0 Å². The smallest absolute Gasteiger partial charge is 0.413 e. The van der Waals surface area contributed by atoms with Crippen molar-refractivity contribution in [3.05, 3.63) is 35.8 Å². The number of carbonyl (C=O) groups is 1. The van der Waals surface area contributed by atoms with E-state index in [0.29, 0.717) is 36.7 Å². The van der Waals surface area contributed by atoms with Gasteiger partial charge in [0.25, 0.3) is 0 Å². The first-order chi connectivity index (χ1) is 15.4. The second-order valence-electron chi connectivity index (χ2n) is 8.60. The third-order valence-corrected chi connectivity index (χ3v) is 6.08. The van der Waals surface area contributed by atoms with Gasteiger partial charge in [-0.3, -0.25) is 10.3 Å². The van der Waals surface area contributed by atoms with Crippen LogP contribution < -0.4 is 16.4 Å². The molecule has 5 heterocycles. The van der Waals surface area contributed by atoms with E-state index in [1.807, 2.05) is 19.2 Å². The predicted octanol–water partition coefficient (Wildman–Crippen LogP) is 3.67. The molecule has 1 fully saturated rings. The fourth-order valence-electron chi connectivity index (χ4n) is 4.27. The SMILES string of the molecule is Cc1c(-c2cc3cc(NC(=O)O[C@@]4(C)CCOC4)ncc3c(N)n2)cnc2c1NCCC2. The maximum atomic E-state index is 12.4. The van der Waals surface area contributed by atoms with Gasteiger partial charge < -0.3 is 20.5 Å². The molecule has 9 nitrogen and oxygen atoms in total. The van der Waals surface area contributed by atoms with Gasteiger partial charge in [0, 0.05) is 36.3 Å². The van der Waals surface area contributed by atoms with Crippen molar-refractivity contribution in [3.63, 3.8) is 0 Å². The fraction of sp³-hybridized carbons (Fsp3) is 0.391. The number of fused-ring (bicyclic) bond motifs is 2. The van der Waals surface area contributed by atoms with E-state index in [1.165, 1.54) is 0 Å². The molecule has 9 heteroatoms. The lowest BCUT2D eigenvalue weighted by Gasteiger charge is -2.22. The largest absolute Gasteiger partial charge is 0.440 e. The Morgan fingerprint density at radius 2 is 2.19 bits per heavy atom. The van der Waals surface area contributed by atoms with Crippen LogP contribution in [0, 0.1) is 6.92 Å². The molecule has 3 aromatic rings. The van der Waals surface area contributed by atoms with Crippen LogP contribution in [0.4, 0.5) is 22.1 Å². The van der Waals surface area contributed by atoms with E-state index in [0.717, 1.165) is 53.0 Å². The highest BCUT2D eigenvalue weighted by Gasteiger charge is 2.34. The lowest BCUT2D eigenvalue weighted by atomic mass is 9.99. The Bertz CT molecular complexity index is 1210. The summed E-state index contributed by atoms with van der Waals surface area (Å²) in [6, 6.07) is 3.71. The number of rotatable bonds is 3. The molecule has 32 heavy (non-hydrogen) atoms. The number of carbonyl (C=O) groups excluding carboxylic acids is 1. The van der Waals surface area contributed by atoms with Gasteiger partial charge >= 0.3 is 6.09 Å². The number of anilines is 3. The second-order valence-corrected chi connectivity index (χ2v) is 8.60. The van der Waals surface area contributed by atoms with Crippen molar-refractivity contribution < 1.29 is 14.3 Å². The second kappa shape index (κ2) is 7.90. The zero-order valence-corrected chi connectivity index (χ0v) is 18.2. The number of amides is 1. The minimum Gasteiger partial charge on any atom is -0.440 e. The molecule has 5 rings (SSSR count). The molecule has 2 aliphatic rings. The molecule has 0 bridgehead atoms.